The van der Waals surface area contributed by atoms with Crippen molar-refractivity contribution in [3.8, 4) is 5.75 Å². The number of benzene rings is 1. The number of carbonyl (C=O) groups excluding carboxylic acids is 1. The van der Waals surface area contributed by atoms with Gasteiger partial charge in [0.25, 0.3) is 0 Å². The molecular formula is C56H95NO25S. The Labute approximate surface area is 488 Å². The van der Waals surface area contributed by atoms with E-state index < -0.39 is 159 Å². The largest absolute Gasteiger partial charge is 0.507 e. The van der Waals surface area contributed by atoms with Gasteiger partial charge in [-0.25, -0.2) is 0 Å². The van der Waals surface area contributed by atoms with Crippen LogP contribution in [-0.4, -0.2) is 301 Å². The van der Waals surface area contributed by atoms with Gasteiger partial charge in [-0.15, -0.1) is 0 Å². The van der Waals surface area contributed by atoms with Gasteiger partial charge in [0, 0.05) is 55.2 Å². The van der Waals surface area contributed by atoms with Crippen LogP contribution >= 0.6 is 11.8 Å². The van der Waals surface area contributed by atoms with Crippen LogP contribution in [0, 0.1) is 23.7 Å². The van der Waals surface area contributed by atoms with Crippen LogP contribution in [0.15, 0.2) is 18.2 Å². The number of phenolic OH excluding ortho intramolecular Hbond substituents is 1. The van der Waals surface area contributed by atoms with Crippen LogP contribution in [0.2, 0.25) is 0 Å². The minimum atomic E-state index is -1.59. The molecule has 6 rings (SSSR count). The number of aliphatic hydroxyl groups is 14. The van der Waals surface area contributed by atoms with Crippen molar-refractivity contribution in [2.45, 2.75) is 207 Å². The molecule has 0 amide bonds. The number of ether oxygens (including phenoxy) is 9. The maximum Gasteiger partial charge on any atom is 0.153 e. The van der Waals surface area contributed by atoms with Gasteiger partial charge in [0.1, 0.15) is 97.3 Å². The summed E-state index contributed by atoms with van der Waals surface area (Å²) in [5, 5.41) is 165. The quantitative estimate of drug-likeness (QED) is 0.0242. The number of phenols is 1. The third kappa shape index (κ3) is 19.1. The maximum atomic E-state index is 11.6. The zero-order valence-electron chi connectivity index (χ0n) is 47.8. The zero-order valence-corrected chi connectivity index (χ0v) is 48.6. The molecule has 0 aromatic heterocycles. The van der Waals surface area contributed by atoms with E-state index in [0.717, 1.165) is 6.42 Å². The van der Waals surface area contributed by atoms with Crippen molar-refractivity contribution in [3.05, 3.63) is 29.3 Å². The molecule has 25 unspecified atom stereocenters. The van der Waals surface area contributed by atoms with Crippen LogP contribution in [0.25, 0.3) is 0 Å². The molecule has 0 bridgehead atoms. The Morgan fingerprint density at radius 1 is 0.506 bits per heavy atom. The Kier molecular flexibility index (Phi) is 28.9. The summed E-state index contributed by atoms with van der Waals surface area (Å²) in [7, 11) is 0. The van der Waals surface area contributed by atoms with Crippen LogP contribution in [0.4, 0.5) is 0 Å². The lowest BCUT2D eigenvalue weighted by Crippen LogP contribution is -2.60. The first kappa shape index (κ1) is 70.2. The van der Waals surface area contributed by atoms with E-state index in [0.29, 0.717) is 49.5 Å². The normalized spacial score (nSPS) is 39.8. The molecule has 0 radical (unpaired) electrons. The number of para-hydroxylation sites is 1. The second kappa shape index (κ2) is 34.2. The third-order valence-electron chi connectivity index (χ3n) is 16.5. The van der Waals surface area contributed by atoms with Crippen molar-refractivity contribution in [1.29, 1.82) is 0 Å². The number of hydrogen-bond acceptors (Lipinski definition) is 27. The lowest BCUT2D eigenvalue weighted by atomic mass is 9.83. The zero-order chi connectivity index (χ0) is 60.7. The number of hydrogen-bond donors (Lipinski definition) is 16. The molecule has 0 saturated carbocycles. The van der Waals surface area contributed by atoms with Crippen molar-refractivity contribution < 1.29 is 124 Å². The van der Waals surface area contributed by atoms with Gasteiger partial charge in [-0.3, -0.25) is 4.79 Å². The van der Waals surface area contributed by atoms with Crippen LogP contribution < -0.4 is 5.32 Å². The smallest absolute Gasteiger partial charge is 0.153 e. The van der Waals surface area contributed by atoms with E-state index >= 15 is 0 Å². The summed E-state index contributed by atoms with van der Waals surface area (Å²) in [4.78, 5) is 11.2. The van der Waals surface area contributed by atoms with Crippen molar-refractivity contribution in [2.24, 2.45) is 23.7 Å². The summed E-state index contributed by atoms with van der Waals surface area (Å²) in [6, 6.07) is 4.87. The maximum absolute atomic E-state index is 11.6. The van der Waals surface area contributed by atoms with Gasteiger partial charge in [0.05, 0.1) is 101 Å². The van der Waals surface area contributed by atoms with Gasteiger partial charge in [-0.05, 0) is 50.0 Å². The lowest BCUT2D eigenvalue weighted by molar-refractivity contribution is -0.247. The van der Waals surface area contributed by atoms with Crippen LogP contribution in [0.1, 0.15) is 75.7 Å². The molecule has 0 aliphatic carbocycles. The first-order chi connectivity index (χ1) is 39.6. The fraction of sp³-hybridized carbons (Fsp3) is 0.875. The van der Waals surface area contributed by atoms with Crippen molar-refractivity contribution in [2.75, 3.05) is 77.5 Å². The summed E-state index contributed by atoms with van der Waals surface area (Å²) < 4.78 is 53.9. The molecule has 480 valence electrons. The van der Waals surface area contributed by atoms with E-state index in [9.17, 15) is 81.4 Å². The molecule has 16 N–H and O–H groups in total. The number of nitrogens with one attached hydrogen (secondary N) is 1. The average molecular weight is 1210 g/mol. The number of aldehydes is 1. The molecular weight excluding hydrogens is 1120 g/mol. The van der Waals surface area contributed by atoms with Crippen LogP contribution in [0.3, 0.4) is 0 Å². The fourth-order valence-electron chi connectivity index (χ4n) is 11.3. The molecule has 83 heavy (non-hydrogen) atoms. The Morgan fingerprint density at radius 3 is 1.46 bits per heavy atom. The Hall–Kier alpha value is -1.92. The monoisotopic (exact) mass is 1210 g/mol. The lowest BCUT2D eigenvalue weighted by Gasteiger charge is -2.45. The minimum absolute atomic E-state index is 0.0186. The van der Waals surface area contributed by atoms with E-state index in [2.05, 4.69) is 5.32 Å². The number of aliphatic hydroxyl groups excluding tert-OH is 14. The van der Waals surface area contributed by atoms with Gasteiger partial charge in [0.15, 0.2) is 6.29 Å². The summed E-state index contributed by atoms with van der Waals surface area (Å²) in [5.41, 5.74) is 0.741. The van der Waals surface area contributed by atoms with E-state index in [1.54, 1.807) is 12.1 Å². The molecule has 5 saturated heterocycles. The van der Waals surface area contributed by atoms with Gasteiger partial charge < -0.3 is 125 Å². The molecule has 26 nitrogen and oxygen atoms in total. The molecule has 5 heterocycles. The number of rotatable bonds is 32. The second-order valence-corrected chi connectivity index (χ2v) is 24.7. The molecule has 5 fully saturated rings. The van der Waals surface area contributed by atoms with Crippen LogP contribution in [-0.2, 0) is 49.2 Å². The minimum Gasteiger partial charge on any atom is -0.507 e. The first-order valence-corrected chi connectivity index (χ1v) is 30.3. The fourth-order valence-corrected chi connectivity index (χ4v) is 12.3. The third-order valence-corrected chi connectivity index (χ3v) is 17.5. The predicted octanol–water partition coefficient (Wildman–Crippen LogP) is -3.89. The second-order valence-electron chi connectivity index (χ2n) is 23.6. The summed E-state index contributed by atoms with van der Waals surface area (Å²) in [5.74, 6) is -0.622. The van der Waals surface area contributed by atoms with E-state index in [1.807, 2.05) is 27.7 Å². The van der Waals surface area contributed by atoms with Gasteiger partial charge in [-0.1, -0.05) is 39.8 Å². The van der Waals surface area contributed by atoms with Gasteiger partial charge in [-0.2, -0.15) is 11.8 Å². The SMILES string of the molecule is CC(C)CCC1OC(COCCC2OC(COCCC3OC(CC(C)C)C(COCC4OC(CO)C(O)C(O)C4COCC4OC(CSCCNCc5cccc(C=O)c5O)C(O)C(O)C4O)C(O)C3O)C(O)C(O)C2O)C(O)C(O)C1O. The highest BCUT2D eigenvalue weighted by Crippen LogP contribution is 2.35. The van der Waals surface area contributed by atoms with Crippen molar-refractivity contribution >= 4 is 18.0 Å². The number of aromatic hydroxyl groups is 1. The molecule has 25 atom stereocenters. The first-order valence-electron chi connectivity index (χ1n) is 29.2. The molecule has 5 aliphatic rings. The molecule has 1 aromatic carbocycles. The standard InChI is InChI=1S/C56H95NO25S/c1-27(2)8-9-33-47(64)54(71)50(67)39(79-33)23-75-14-11-35-48(65)55(72)51(68)40(80-35)24-74-13-10-34-46(63)44(61)31(36(78-34)16-28(3)4)20-76-22-38-32(45(62)49(66)37(19-59)81-38)21-77-25-41-52(69)56(73)53(70)42(82-41)26-83-15-12-57-17-29-6-5-7-30(18-58)43(29)60/h5-7,18,27-28,31-42,44-57,59-73H,8-17,19-26H2,1-4H3. The Morgan fingerprint density at radius 2 is 0.940 bits per heavy atom. The molecule has 1 aromatic rings. The number of carbonyl (C=O) groups is 1. The highest BCUT2D eigenvalue weighted by molar-refractivity contribution is 7.99. The molecule has 0 spiro atoms. The van der Waals surface area contributed by atoms with E-state index in [-0.39, 0.29) is 88.7 Å². The van der Waals surface area contributed by atoms with Gasteiger partial charge >= 0.3 is 0 Å². The average Bonchev–Trinajstić information content (AvgIpc) is 3.55. The van der Waals surface area contributed by atoms with Gasteiger partial charge in [0.2, 0.25) is 0 Å². The Balaban J connectivity index is 0.944. The van der Waals surface area contributed by atoms with E-state index in [1.165, 1.54) is 17.8 Å². The summed E-state index contributed by atoms with van der Waals surface area (Å²) in [6.45, 7) is 6.77. The summed E-state index contributed by atoms with van der Waals surface area (Å²) >= 11 is 1.41. The van der Waals surface area contributed by atoms with E-state index in [4.69, 9.17) is 42.6 Å². The highest BCUT2D eigenvalue weighted by atomic mass is 32.2. The Bertz CT molecular complexity index is 2020. The highest BCUT2D eigenvalue weighted by Gasteiger charge is 2.49. The summed E-state index contributed by atoms with van der Waals surface area (Å²) in [6.07, 6.45) is -25.9. The molecule has 27 heteroatoms. The predicted molar refractivity (Wildman–Crippen MR) is 294 cm³/mol. The van der Waals surface area contributed by atoms with Crippen LogP contribution in [0.5, 0.6) is 5.75 Å². The topological polar surface area (TPSA) is 416 Å². The molecule has 5 aliphatic heterocycles. The number of thioether (sulfide) groups is 1. The van der Waals surface area contributed by atoms with Crippen molar-refractivity contribution in [3.63, 3.8) is 0 Å². The van der Waals surface area contributed by atoms with Crippen molar-refractivity contribution in [1.82, 2.24) is 5.32 Å².